The fraction of sp³-hybridized carbons (Fsp3) is 0.921. The van der Waals surface area contributed by atoms with Crippen LogP contribution >= 0.6 is 0 Å². The van der Waals surface area contributed by atoms with Gasteiger partial charge in [0.1, 0.15) is 0 Å². The van der Waals surface area contributed by atoms with E-state index in [0.29, 0.717) is 19.4 Å². The summed E-state index contributed by atoms with van der Waals surface area (Å²) in [7, 11) is 0. The van der Waals surface area contributed by atoms with Crippen LogP contribution in [0.2, 0.25) is 0 Å². The van der Waals surface area contributed by atoms with E-state index in [9.17, 15) is 19.8 Å². The highest BCUT2D eigenvalue weighted by Gasteiger charge is 2.18. The highest BCUT2D eigenvalue weighted by molar-refractivity contribution is 5.76. The fourth-order valence-electron chi connectivity index (χ4n) is 12.0. The predicted octanol–water partition coefficient (Wildman–Crippen LogP) is 24.5. The second-order valence-electron chi connectivity index (χ2n) is 26.0. The summed E-state index contributed by atoms with van der Waals surface area (Å²) >= 11 is 0. The average Bonchev–Trinajstić information content (AvgIpc) is 3.48. The number of esters is 1. The number of carbonyl (C=O) groups is 2. The number of ether oxygens (including phenoxy) is 1. The number of hydrogen-bond acceptors (Lipinski definition) is 5. The van der Waals surface area contributed by atoms with Crippen molar-refractivity contribution in [2.24, 2.45) is 0 Å². The normalized spacial score (nSPS) is 12.6. The lowest BCUT2D eigenvalue weighted by atomic mass is 10.0. The maximum absolute atomic E-state index is 12.5. The van der Waals surface area contributed by atoms with E-state index in [1.54, 1.807) is 6.08 Å². The van der Waals surface area contributed by atoms with Crippen LogP contribution in [-0.2, 0) is 14.3 Å². The Morgan fingerprint density at radius 2 is 0.573 bits per heavy atom. The van der Waals surface area contributed by atoms with Gasteiger partial charge in [-0.1, -0.05) is 378 Å². The van der Waals surface area contributed by atoms with Gasteiger partial charge in [0.05, 0.1) is 25.4 Å². The summed E-state index contributed by atoms with van der Waals surface area (Å²) in [5, 5.41) is 23.2. The average molecular weight is 1160 g/mol. The predicted molar refractivity (Wildman–Crippen MR) is 361 cm³/mol. The summed E-state index contributed by atoms with van der Waals surface area (Å²) in [6.45, 7) is 4.94. The van der Waals surface area contributed by atoms with Crippen LogP contribution in [0.15, 0.2) is 24.3 Å². The molecule has 0 aliphatic heterocycles. The molecular formula is C76H147NO5. The highest BCUT2D eigenvalue weighted by Crippen LogP contribution is 2.19. The summed E-state index contributed by atoms with van der Waals surface area (Å²) in [5.74, 6) is -0.0418. The van der Waals surface area contributed by atoms with Crippen LogP contribution in [0.25, 0.3) is 0 Å². The minimum atomic E-state index is -0.841. The quantitative estimate of drug-likeness (QED) is 0.0320. The maximum Gasteiger partial charge on any atom is 0.305 e. The molecule has 0 aromatic rings. The lowest BCUT2D eigenvalue weighted by Crippen LogP contribution is -2.45. The number of aliphatic hydroxyl groups is 2. The van der Waals surface area contributed by atoms with Gasteiger partial charge in [0.25, 0.3) is 0 Å². The Morgan fingerprint density at radius 3 is 0.866 bits per heavy atom. The van der Waals surface area contributed by atoms with Crippen LogP contribution in [0.4, 0.5) is 0 Å². The Morgan fingerprint density at radius 1 is 0.329 bits per heavy atom. The SMILES string of the molecule is CCCCCCCC/C=C\CCCCCCCCCC(=O)OCCCCCCCCCCCCCCCCCCCCCCCCCCCCCCCCCCC(=O)NC(CO)C(O)/C=C/CCCCCCCCCCCCCCCC. The number of rotatable bonds is 71. The number of hydrogen-bond donors (Lipinski definition) is 3. The van der Waals surface area contributed by atoms with E-state index < -0.39 is 12.1 Å². The van der Waals surface area contributed by atoms with Crippen molar-refractivity contribution in [2.45, 2.75) is 437 Å². The molecule has 0 saturated carbocycles. The Bertz CT molecular complexity index is 1280. The van der Waals surface area contributed by atoms with Gasteiger partial charge in [-0.2, -0.15) is 0 Å². The van der Waals surface area contributed by atoms with Crippen molar-refractivity contribution < 1.29 is 24.5 Å². The second kappa shape index (κ2) is 71.8. The molecule has 0 aliphatic rings. The van der Waals surface area contributed by atoms with E-state index >= 15 is 0 Å². The second-order valence-corrected chi connectivity index (χ2v) is 26.0. The van der Waals surface area contributed by atoms with Crippen molar-refractivity contribution in [1.29, 1.82) is 0 Å². The Balaban J connectivity index is 3.32. The first kappa shape index (κ1) is 80.3. The molecular weight excluding hydrogens is 1010 g/mol. The van der Waals surface area contributed by atoms with E-state index in [1.807, 2.05) is 6.08 Å². The van der Waals surface area contributed by atoms with Gasteiger partial charge in [0.15, 0.2) is 0 Å². The van der Waals surface area contributed by atoms with Crippen molar-refractivity contribution in [3.8, 4) is 0 Å². The largest absolute Gasteiger partial charge is 0.466 e. The summed E-state index contributed by atoms with van der Waals surface area (Å²) in [6, 6.07) is -0.624. The third-order valence-electron chi connectivity index (χ3n) is 17.7. The van der Waals surface area contributed by atoms with E-state index in [0.717, 1.165) is 44.9 Å². The standard InChI is InChI=1S/C76H147NO5/c1-3-5-7-9-11-13-15-17-19-37-42-46-50-54-58-62-66-70-76(81)82-71-67-63-59-55-51-47-43-39-36-34-32-30-28-26-24-22-21-23-25-27-29-31-33-35-38-41-45-49-53-57-61-65-69-75(80)77-73(72-78)74(79)68-64-60-56-52-48-44-40-20-18-16-14-12-10-8-6-4-2/h17,19,64,68,73-74,78-79H,3-16,18,20-63,65-67,69-72H2,1-2H3,(H,77,80)/b19-17-,68-64+. The molecule has 1 amide bonds. The minimum absolute atomic E-state index is 0.0184. The molecule has 0 fully saturated rings. The van der Waals surface area contributed by atoms with Crippen LogP contribution < -0.4 is 5.32 Å². The van der Waals surface area contributed by atoms with E-state index in [4.69, 9.17) is 4.74 Å². The number of carbonyl (C=O) groups excluding carboxylic acids is 2. The summed E-state index contributed by atoms with van der Waals surface area (Å²) in [5.41, 5.74) is 0. The van der Waals surface area contributed by atoms with E-state index in [-0.39, 0.29) is 18.5 Å². The smallest absolute Gasteiger partial charge is 0.305 e. The highest BCUT2D eigenvalue weighted by atomic mass is 16.5. The number of amides is 1. The van der Waals surface area contributed by atoms with Crippen LogP contribution in [0.1, 0.15) is 425 Å². The number of unbranched alkanes of at least 4 members (excludes halogenated alkanes) is 58. The molecule has 0 aromatic carbocycles. The molecule has 0 aromatic heterocycles. The van der Waals surface area contributed by atoms with E-state index in [1.165, 1.54) is 353 Å². The van der Waals surface area contributed by atoms with Gasteiger partial charge in [-0.25, -0.2) is 0 Å². The maximum atomic E-state index is 12.5. The number of allylic oxidation sites excluding steroid dienone is 3. The fourth-order valence-corrected chi connectivity index (χ4v) is 12.0. The lowest BCUT2D eigenvalue weighted by molar-refractivity contribution is -0.143. The van der Waals surface area contributed by atoms with Gasteiger partial charge >= 0.3 is 5.97 Å². The Hall–Kier alpha value is -1.66. The topological polar surface area (TPSA) is 95.9 Å². The molecule has 82 heavy (non-hydrogen) atoms. The first-order chi connectivity index (χ1) is 40.5. The Labute approximate surface area is 513 Å². The number of nitrogens with one attached hydrogen (secondary N) is 1. The molecule has 0 radical (unpaired) electrons. The van der Waals surface area contributed by atoms with Crippen LogP contribution in [0.5, 0.6) is 0 Å². The van der Waals surface area contributed by atoms with Crippen molar-refractivity contribution in [2.75, 3.05) is 13.2 Å². The zero-order chi connectivity index (χ0) is 59.2. The molecule has 0 bridgehead atoms. The minimum Gasteiger partial charge on any atom is -0.466 e. The third kappa shape index (κ3) is 67.5. The molecule has 0 heterocycles. The molecule has 0 spiro atoms. The van der Waals surface area contributed by atoms with Gasteiger partial charge in [-0.15, -0.1) is 0 Å². The summed E-state index contributed by atoms with van der Waals surface area (Å²) < 4.78 is 5.51. The molecule has 0 saturated heterocycles. The molecule has 6 heteroatoms. The van der Waals surface area contributed by atoms with Gasteiger partial charge < -0.3 is 20.3 Å². The number of aliphatic hydroxyl groups excluding tert-OH is 2. The molecule has 3 N–H and O–H groups in total. The molecule has 486 valence electrons. The van der Waals surface area contributed by atoms with Crippen molar-refractivity contribution in [3.05, 3.63) is 24.3 Å². The first-order valence-electron chi connectivity index (χ1n) is 37.6. The lowest BCUT2D eigenvalue weighted by Gasteiger charge is -2.20. The molecule has 6 nitrogen and oxygen atoms in total. The Kier molecular flexibility index (Phi) is 70.4. The zero-order valence-electron chi connectivity index (χ0n) is 55.8. The monoisotopic (exact) mass is 1150 g/mol. The molecule has 2 atom stereocenters. The first-order valence-corrected chi connectivity index (χ1v) is 37.6. The summed E-state index contributed by atoms with van der Waals surface area (Å²) in [4.78, 5) is 24.6. The van der Waals surface area contributed by atoms with Gasteiger partial charge in [0, 0.05) is 12.8 Å². The van der Waals surface area contributed by atoms with Crippen LogP contribution in [0, 0.1) is 0 Å². The van der Waals surface area contributed by atoms with Crippen LogP contribution in [0.3, 0.4) is 0 Å². The molecule has 2 unspecified atom stereocenters. The van der Waals surface area contributed by atoms with E-state index in [2.05, 4.69) is 31.3 Å². The molecule has 0 rings (SSSR count). The zero-order valence-corrected chi connectivity index (χ0v) is 55.8. The van der Waals surface area contributed by atoms with Crippen LogP contribution in [-0.4, -0.2) is 47.4 Å². The molecule has 0 aliphatic carbocycles. The van der Waals surface area contributed by atoms with Crippen molar-refractivity contribution in [3.63, 3.8) is 0 Å². The van der Waals surface area contributed by atoms with Gasteiger partial charge in [0.2, 0.25) is 5.91 Å². The van der Waals surface area contributed by atoms with Gasteiger partial charge in [-0.3, -0.25) is 9.59 Å². The van der Waals surface area contributed by atoms with Crippen molar-refractivity contribution in [1.82, 2.24) is 5.32 Å². The third-order valence-corrected chi connectivity index (χ3v) is 17.7. The summed E-state index contributed by atoms with van der Waals surface area (Å²) in [6.07, 6.45) is 91.4. The van der Waals surface area contributed by atoms with Gasteiger partial charge in [-0.05, 0) is 57.8 Å². The van der Waals surface area contributed by atoms with Crippen molar-refractivity contribution >= 4 is 11.9 Å².